The lowest BCUT2D eigenvalue weighted by molar-refractivity contribution is 0.0697. The Morgan fingerprint density at radius 3 is 2.77 bits per heavy atom. The zero-order chi connectivity index (χ0) is 18.1. The summed E-state index contributed by atoms with van der Waals surface area (Å²) in [5.74, 6) is 2.23. The molecule has 0 saturated heterocycles. The normalized spacial score (nSPS) is 10.6. The van der Waals surface area contributed by atoms with E-state index in [2.05, 4.69) is 21.2 Å². The summed E-state index contributed by atoms with van der Waals surface area (Å²) in [5, 5.41) is 15.2. The van der Waals surface area contributed by atoms with Gasteiger partial charge < -0.3 is 10.4 Å². The van der Waals surface area contributed by atoms with Crippen LogP contribution in [0.1, 0.15) is 15.9 Å². The third-order valence-electron chi connectivity index (χ3n) is 4.14. The Balaban J connectivity index is 1.94. The number of aromatic nitrogens is 2. The highest BCUT2D eigenvalue weighted by Gasteiger charge is 2.11. The van der Waals surface area contributed by atoms with Crippen molar-refractivity contribution < 1.29 is 9.90 Å². The average molecular weight is 339 g/mol. The summed E-state index contributed by atoms with van der Waals surface area (Å²) in [5.41, 5.74) is 2.34. The number of carboxylic acid groups (broad SMARTS) is 1. The molecule has 0 saturated carbocycles. The summed E-state index contributed by atoms with van der Waals surface area (Å²) in [6.07, 6.45) is 8.92. The van der Waals surface area contributed by atoms with Crippen LogP contribution in [-0.4, -0.2) is 21.0 Å². The van der Waals surface area contributed by atoms with Crippen LogP contribution in [0.2, 0.25) is 0 Å². The van der Waals surface area contributed by atoms with Crippen molar-refractivity contribution in [2.24, 2.45) is 0 Å². The number of aromatic carboxylic acids is 1. The van der Waals surface area contributed by atoms with E-state index >= 15 is 0 Å². The zero-order valence-electron chi connectivity index (χ0n) is 13.6. The summed E-state index contributed by atoms with van der Waals surface area (Å²) in [6, 6.07) is 14.2. The highest BCUT2D eigenvalue weighted by molar-refractivity contribution is 6.11. The van der Waals surface area contributed by atoms with Crippen molar-refractivity contribution in [3.8, 4) is 12.3 Å². The van der Waals surface area contributed by atoms with Crippen LogP contribution in [0.3, 0.4) is 0 Å². The topological polar surface area (TPSA) is 75.1 Å². The van der Waals surface area contributed by atoms with Crippen molar-refractivity contribution in [3.63, 3.8) is 0 Å². The summed E-state index contributed by atoms with van der Waals surface area (Å²) >= 11 is 0. The molecule has 0 bridgehead atoms. The van der Waals surface area contributed by atoms with Crippen LogP contribution in [0.25, 0.3) is 21.7 Å². The fraction of sp³-hybridized carbons (Fsp3) is 0. The first-order valence-electron chi connectivity index (χ1n) is 7.90. The number of nitrogens with one attached hydrogen (secondary N) is 1. The van der Waals surface area contributed by atoms with Gasteiger partial charge in [0.25, 0.3) is 0 Å². The van der Waals surface area contributed by atoms with Crippen LogP contribution in [0, 0.1) is 12.3 Å². The molecule has 0 aliphatic carbocycles. The first kappa shape index (κ1) is 15.6. The molecule has 0 unspecified atom stereocenters. The number of rotatable bonds is 3. The van der Waals surface area contributed by atoms with Crippen molar-refractivity contribution in [1.29, 1.82) is 0 Å². The minimum atomic E-state index is -0.990. The summed E-state index contributed by atoms with van der Waals surface area (Å²) in [4.78, 5) is 20.1. The van der Waals surface area contributed by atoms with Crippen LogP contribution in [0.15, 0.2) is 60.9 Å². The van der Waals surface area contributed by atoms with E-state index < -0.39 is 5.97 Å². The molecule has 0 atom stereocenters. The Morgan fingerprint density at radius 2 is 1.96 bits per heavy atom. The lowest BCUT2D eigenvalue weighted by Gasteiger charge is -2.12. The molecule has 0 radical (unpaired) electrons. The Labute approximate surface area is 149 Å². The summed E-state index contributed by atoms with van der Waals surface area (Å²) in [6.45, 7) is 0. The highest BCUT2D eigenvalue weighted by atomic mass is 16.4. The SMILES string of the molecule is C#Cc1cccc(Nc2nc3cc(C(=O)O)ccc3c3cnccc23)c1. The van der Waals surface area contributed by atoms with Gasteiger partial charge in [0.2, 0.25) is 0 Å². The highest BCUT2D eigenvalue weighted by Crippen LogP contribution is 2.31. The predicted octanol–water partition coefficient (Wildman–Crippen LogP) is 4.21. The molecule has 5 nitrogen and oxygen atoms in total. The second-order valence-electron chi connectivity index (χ2n) is 5.77. The smallest absolute Gasteiger partial charge is 0.335 e. The maximum atomic E-state index is 11.3. The van der Waals surface area contributed by atoms with Crippen molar-refractivity contribution in [1.82, 2.24) is 9.97 Å². The van der Waals surface area contributed by atoms with Gasteiger partial charge in [-0.15, -0.1) is 6.42 Å². The maximum absolute atomic E-state index is 11.3. The molecule has 2 aromatic carbocycles. The van der Waals surface area contributed by atoms with Crippen molar-refractivity contribution in [2.75, 3.05) is 5.32 Å². The monoisotopic (exact) mass is 339 g/mol. The van der Waals surface area contributed by atoms with Gasteiger partial charge in [-0.1, -0.05) is 18.1 Å². The van der Waals surface area contributed by atoms with Crippen LogP contribution < -0.4 is 5.32 Å². The molecular weight excluding hydrogens is 326 g/mol. The van der Waals surface area contributed by atoms with Crippen LogP contribution in [0.5, 0.6) is 0 Å². The predicted molar refractivity (Wildman–Crippen MR) is 102 cm³/mol. The molecule has 2 N–H and O–H groups in total. The number of anilines is 2. The minimum Gasteiger partial charge on any atom is -0.478 e. The first-order chi connectivity index (χ1) is 12.7. The lowest BCUT2D eigenvalue weighted by Crippen LogP contribution is -1.99. The van der Waals surface area contributed by atoms with E-state index in [1.807, 2.05) is 30.3 Å². The second-order valence-corrected chi connectivity index (χ2v) is 5.77. The number of nitrogens with zero attached hydrogens (tertiary/aromatic N) is 2. The van der Waals surface area contributed by atoms with E-state index in [0.29, 0.717) is 11.3 Å². The third kappa shape index (κ3) is 2.70. The fourth-order valence-corrected chi connectivity index (χ4v) is 2.90. The molecule has 0 aliphatic heterocycles. The van der Waals surface area contributed by atoms with E-state index in [0.717, 1.165) is 27.4 Å². The molecule has 2 heterocycles. The molecule has 0 spiro atoms. The molecular formula is C21H13N3O2. The number of terminal acetylenes is 1. The zero-order valence-corrected chi connectivity index (χ0v) is 13.6. The molecule has 124 valence electrons. The van der Waals surface area contributed by atoms with Gasteiger partial charge in [-0.3, -0.25) is 4.98 Å². The minimum absolute atomic E-state index is 0.188. The first-order valence-corrected chi connectivity index (χ1v) is 7.90. The van der Waals surface area contributed by atoms with E-state index in [1.165, 1.54) is 0 Å². The summed E-state index contributed by atoms with van der Waals surface area (Å²) < 4.78 is 0. The van der Waals surface area contributed by atoms with Gasteiger partial charge >= 0.3 is 5.97 Å². The van der Waals surface area contributed by atoms with E-state index in [1.54, 1.807) is 30.6 Å². The van der Waals surface area contributed by atoms with Gasteiger partial charge in [0.1, 0.15) is 5.82 Å². The number of carbonyl (C=O) groups is 1. The summed E-state index contributed by atoms with van der Waals surface area (Å²) in [7, 11) is 0. The lowest BCUT2D eigenvalue weighted by atomic mass is 10.1. The van der Waals surface area contributed by atoms with Gasteiger partial charge in [0.15, 0.2) is 0 Å². The average Bonchev–Trinajstić information content (AvgIpc) is 2.68. The molecule has 0 amide bonds. The Bertz CT molecular complexity index is 1210. The molecule has 2 aromatic heterocycles. The van der Waals surface area contributed by atoms with Crippen LogP contribution >= 0.6 is 0 Å². The number of fused-ring (bicyclic) bond motifs is 3. The number of pyridine rings is 2. The molecule has 4 aromatic rings. The molecule has 0 fully saturated rings. The number of hydrogen-bond donors (Lipinski definition) is 2. The molecule has 26 heavy (non-hydrogen) atoms. The van der Waals surface area contributed by atoms with Gasteiger partial charge in [-0.05, 0) is 36.4 Å². The van der Waals surface area contributed by atoms with Crippen molar-refractivity contribution >= 4 is 39.1 Å². The Morgan fingerprint density at radius 1 is 1.08 bits per heavy atom. The number of benzene rings is 2. The maximum Gasteiger partial charge on any atom is 0.335 e. The Hall–Kier alpha value is -3.91. The van der Waals surface area contributed by atoms with Crippen molar-refractivity contribution in [2.45, 2.75) is 0 Å². The van der Waals surface area contributed by atoms with Crippen molar-refractivity contribution in [3.05, 3.63) is 72.1 Å². The second kappa shape index (κ2) is 6.19. The molecule has 0 aliphatic rings. The van der Waals surface area contributed by atoms with E-state index in [9.17, 15) is 9.90 Å². The Kier molecular flexibility index (Phi) is 3.71. The largest absolute Gasteiger partial charge is 0.478 e. The van der Waals surface area contributed by atoms with Gasteiger partial charge in [0.05, 0.1) is 11.1 Å². The van der Waals surface area contributed by atoms with Gasteiger partial charge in [-0.25, -0.2) is 9.78 Å². The van der Waals surface area contributed by atoms with Gasteiger partial charge in [-0.2, -0.15) is 0 Å². The van der Waals surface area contributed by atoms with E-state index in [-0.39, 0.29) is 5.56 Å². The quantitative estimate of drug-likeness (QED) is 0.432. The van der Waals surface area contributed by atoms with E-state index in [4.69, 9.17) is 6.42 Å². The number of carboxylic acids is 1. The molecule has 4 rings (SSSR count). The fourth-order valence-electron chi connectivity index (χ4n) is 2.90. The van der Waals surface area contributed by atoms with Crippen LogP contribution in [0.4, 0.5) is 11.5 Å². The molecule has 5 heteroatoms. The van der Waals surface area contributed by atoms with Crippen LogP contribution in [-0.2, 0) is 0 Å². The standard InChI is InChI=1S/C21H13N3O2/c1-2-13-4-3-5-15(10-13)23-20-17-8-9-22-12-18(17)16-7-6-14(21(25)26)11-19(16)24-20/h1,3-12H,(H,23,24)(H,25,26). The third-order valence-corrected chi connectivity index (χ3v) is 4.14. The van der Waals surface area contributed by atoms with Gasteiger partial charge in [0, 0.05) is 39.8 Å². The number of hydrogen-bond acceptors (Lipinski definition) is 4.